The molecule has 0 amide bonds. The summed E-state index contributed by atoms with van der Waals surface area (Å²) in [6.07, 6.45) is 1.86. The molecular weight excluding hydrogens is 383 g/mol. The smallest absolute Gasteiger partial charge is 0.164 e. The number of aromatic amines is 1. The molecule has 30 heavy (non-hydrogen) atoms. The third kappa shape index (κ3) is 3.24. The number of rotatable bonds is 3. The van der Waals surface area contributed by atoms with Crippen LogP contribution in [0.2, 0.25) is 0 Å². The molecule has 5 rings (SSSR count). The van der Waals surface area contributed by atoms with Crippen LogP contribution in [-0.2, 0) is 0 Å². The molecule has 4 aromatic rings. The van der Waals surface area contributed by atoms with Crippen LogP contribution in [0.3, 0.4) is 0 Å². The van der Waals surface area contributed by atoms with Gasteiger partial charge in [0.2, 0.25) is 0 Å². The summed E-state index contributed by atoms with van der Waals surface area (Å²) in [5.74, 6) is 0.698. The number of aromatic nitrogens is 5. The summed E-state index contributed by atoms with van der Waals surface area (Å²) in [6.45, 7) is 9.82. The first-order chi connectivity index (χ1) is 14.4. The summed E-state index contributed by atoms with van der Waals surface area (Å²) in [5, 5.41) is 18.9. The van der Waals surface area contributed by atoms with Crippen LogP contribution in [-0.4, -0.2) is 50.0 Å². The molecule has 1 fully saturated rings. The third-order valence-electron chi connectivity index (χ3n) is 5.53. The molecule has 8 nitrogen and oxygen atoms in total. The predicted octanol–water partition coefficient (Wildman–Crippen LogP) is 3.29. The second-order valence-electron chi connectivity index (χ2n) is 8.25. The molecule has 0 aliphatic carbocycles. The standard InChI is InChI=1S/C21H25FN8/c1-11-8-29(9-12(2)23-11)15-5-16(22)20-17(6-15)26-27-21(20)25-19-7-18-14(4)24-13(3)10-30(18)28-19/h5-7,10-12,23H,8-9H2,1-4H3,(H2,25,26,27,28)/t11-,12+. The fourth-order valence-electron chi connectivity index (χ4n) is 4.38. The first-order valence-corrected chi connectivity index (χ1v) is 10.2. The third-order valence-corrected chi connectivity index (χ3v) is 5.53. The van der Waals surface area contributed by atoms with E-state index in [1.165, 1.54) is 0 Å². The minimum atomic E-state index is -0.310. The van der Waals surface area contributed by atoms with E-state index in [0.29, 0.717) is 34.6 Å². The highest BCUT2D eigenvalue weighted by atomic mass is 19.1. The zero-order chi connectivity index (χ0) is 21.0. The molecular formula is C21H25FN8. The first-order valence-electron chi connectivity index (χ1n) is 10.2. The van der Waals surface area contributed by atoms with Crippen LogP contribution in [0.15, 0.2) is 24.4 Å². The van der Waals surface area contributed by atoms with Crippen molar-refractivity contribution >= 4 is 33.7 Å². The molecule has 0 radical (unpaired) electrons. The molecule has 0 saturated carbocycles. The topological polar surface area (TPSA) is 86.2 Å². The fourth-order valence-corrected chi connectivity index (χ4v) is 4.38. The van der Waals surface area contributed by atoms with Crippen LogP contribution in [0.25, 0.3) is 16.4 Å². The number of aryl methyl sites for hydroxylation is 2. The quantitative estimate of drug-likeness (QED) is 0.482. The predicted molar refractivity (Wildman–Crippen MR) is 116 cm³/mol. The Labute approximate surface area is 173 Å². The van der Waals surface area contributed by atoms with Crippen LogP contribution >= 0.6 is 0 Å². The molecule has 1 aliphatic rings. The molecule has 3 N–H and O–H groups in total. The highest BCUT2D eigenvalue weighted by Crippen LogP contribution is 2.31. The van der Waals surface area contributed by atoms with Crippen molar-refractivity contribution in [3.8, 4) is 0 Å². The average Bonchev–Trinajstić information content (AvgIpc) is 3.25. The Hall–Kier alpha value is -3.20. The van der Waals surface area contributed by atoms with E-state index in [4.69, 9.17) is 0 Å². The van der Waals surface area contributed by atoms with E-state index in [0.717, 1.165) is 35.7 Å². The molecule has 1 saturated heterocycles. The Kier molecular flexibility index (Phi) is 4.35. The highest BCUT2D eigenvalue weighted by molar-refractivity contribution is 5.94. The molecule has 1 aromatic carbocycles. The second-order valence-corrected chi connectivity index (χ2v) is 8.25. The molecule has 0 spiro atoms. The van der Waals surface area contributed by atoms with Crippen molar-refractivity contribution in [1.82, 2.24) is 30.1 Å². The molecule has 4 heterocycles. The summed E-state index contributed by atoms with van der Waals surface area (Å²) >= 11 is 0. The first kappa shape index (κ1) is 18.8. The van der Waals surface area contributed by atoms with E-state index in [2.05, 4.69) is 49.7 Å². The monoisotopic (exact) mass is 408 g/mol. The van der Waals surface area contributed by atoms with Gasteiger partial charge in [-0.2, -0.15) is 5.10 Å². The molecule has 0 unspecified atom stereocenters. The van der Waals surface area contributed by atoms with Gasteiger partial charge in [0.15, 0.2) is 11.6 Å². The molecule has 1 aliphatic heterocycles. The van der Waals surface area contributed by atoms with Gasteiger partial charge in [-0.25, -0.2) is 8.91 Å². The van der Waals surface area contributed by atoms with Gasteiger partial charge in [0, 0.05) is 36.9 Å². The largest absolute Gasteiger partial charge is 0.368 e. The Morgan fingerprint density at radius 1 is 1.13 bits per heavy atom. The van der Waals surface area contributed by atoms with Crippen molar-refractivity contribution < 1.29 is 4.39 Å². The molecule has 2 atom stereocenters. The summed E-state index contributed by atoms with van der Waals surface area (Å²) in [4.78, 5) is 6.67. The second kappa shape index (κ2) is 6.94. The number of nitrogens with one attached hydrogen (secondary N) is 3. The molecule has 0 bridgehead atoms. The van der Waals surface area contributed by atoms with E-state index < -0.39 is 0 Å². The normalized spacial score (nSPS) is 19.7. The highest BCUT2D eigenvalue weighted by Gasteiger charge is 2.23. The van der Waals surface area contributed by atoms with E-state index in [1.807, 2.05) is 32.2 Å². The minimum Gasteiger partial charge on any atom is -0.368 e. The van der Waals surface area contributed by atoms with Crippen molar-refractivity contribution in [3.05, 3.63) is 41.6 Å². The maximum Gasteiger partial charge on any atom is 0.164 e. The van der Waals surface area contributed by atoms with Crippen LogP contribution in [0.4, 0.5) is 21.7 Å². The van der Waals surface area contributed by atoms with E-state index in [1.54, 1.807) is 10.6 Å². The maximum absolute atomic E-state index is 15.1. The molecule has 3 aromatic heterocycles. The maximum atomic E-state index is 15.1. The van der Waals surface area contributed by atoms with Gasteiger partial charge in [-0.3, -0.25) is 10.1 Å². The zero-order valence-electron chi connectivity index (χ0n) is 17.5. The van der Waals surface area contributed by atoms with Gasteiger partial charge >= 0.3 is 0 Å². The Morgan fingerprint density at radius 3 is 2.67 bits per heavy atom. The van der Waals surface area contributed by atoms with Crippen molar-refractivity contribution in [3.63, 3.8) is 0 Å². The van der Waals surface area contributed by atoms with Crippen molar-refractivity contribution in [2.45, 2.75) is 39.8 Å². The summed E-state index contributed by atoms with van der Waals surface area (Å²) in [6, 6.07) is 6.14. The van der Waals surface area contributed by atoms with Gasteiger partial charge in [0.1, 0.15) is 5.82 Å². The van der Waals surface area contributed by atoms with Crippen LogP contribution in [0, 0.1) is 19.7 Å². The summed E-state index contributed by atoms with van der Waals surface area (Å²) in [7, 11) is 0. The van der Waals surface area contributed by atoms with Gasteiger partial charge in [-0.15, -0.1) is 5.10 Å². The number of halogens is 1. The number of hydrogen-bond acceptors (Lipinski definition) is 6. The zero-order valence-corrected chi connectivity index (χ0v) is 17.5. The van der Waals surface area contributed by atoms with Crippen molar-refractivity contribution in [2.24, 2.45) is 0 Å². The lowest BCUT2D eigenvalue weighted by atomic mass is 10.1. The van der Waals surface area contributed by atoms with Gasteiger partial charge in [-0.05, 0) is 39.8 Å². The van der Waals surface area contributed by atoms with Gasteiger partial charge in [0.05, 0.1) is 34.0 Å². The number of benzene rings is 1. The van der Waals surface area contributed by atoms with Gasteiger partial charge in [-0.1, -0.05) is 0 Å². The lowest BCUT2D eigenvalue weighted by Crippen LogP contribution is -2.54. The van der Waals surface area contributed by atoms with Crippen molar-refractivity contribution in [2.75, 3.05) is 23.3 Å². The summed E-state index contributed by atoms with van der Waals surface area (Å²) in [5.41, 5.74) is 4.18. The fraction of sp³-hybridized carbons (Fsp3) is 0.381. The average molecular weight is 408 g/mol. The number of fused-ring (bicyclic) bond motifs is 2. The molecule has 156 valence electrons. The number of anilines is 3. The summed E-state index contributed by atoms with van der Waals surface area (Å²) < 4.78 is 16.9. The van der Waals surface area contributed by atoms with Crippen LogP contribution in [0.1, 0.15) is 25.2 Å². The van der Waals surface area contributed by atoms with Crippen LogP contribution in [0.5, 0.6) is 0 Å². The lowest BCUT2D eigenvalue weighted by Gasteiger charge is -2.37. The Morgan fingerprint density at radius 2 is 1.90 bits per heavy atom. The van der Waals surface area contributed by atoms with E-state index in [9.17, 15) is 0 Å². The Balaban J connectivity index is 1.48. The lowest BCUT2D eigenvalue weighted by molar-refractivity contribution is 0.407. The van der Waals surface area contributed by atoms with E-state index in [-0.39, 0.29) is 5.82 Å². The van der Waals surface area contributed by atoms with Gasteiger partial charge in [0.25, 0.3) is 0 Å². The van der Waals surface area contributed by atoms with E-state index >= 15 is 4.39 Å². The minimum absolute atomic E-state index is 0.310. The van der Waals surface area contributed by atoms with Crippen LogP contribution < -0.4 is 15.5 Å². The number of hydrogen-bond donors (Lipinski definition) is 3. The van der Waals surface area contributed by atoms with Crippen molar-refractivity contribution in [1.29, 1.82) is 0 Å². The number of H-pyrrole nitrogens is 1. The number of nitrogens with zero attached hydrogens (tertiary/aromatic N) is 5. The SMILES string of the molecule is Cc1cn2nc(Nc3n[nH]c4cc(N5C[C@@H](C)N[C@@H](C)C5)cc(F)c34)cc2c(C)n1. The Bertz CT molecular complexity index is 1230. The molecule has 9 heteroatoms. The number of piperazine rings is 1. The van der Waals surface area contributed by atoms with Gasteiger partial charge < -0.3 is 15.5 Å².